The second-order valence-corrected chi connectivity index (χ2v) is 7.97. The lowest BCUT2D eigenvalue weighted by atomic mass is 10.2. The molecular formula is C16H13ClF2N2O4S. The number of carbonyl (C=O) groups excluding carboxylic acids is 1. The summed E-state index contributed by atoms with van der Waals surface area (Å²) in [5.74, 6) is -2.71. The van der Waals surface area contributed by atoms with Crippen LogP contribution in [0.1, 0.15) is 0 Å². The quantitative estimate of drug-likeness (QED) is 0.856. The first kappa shape index (κ1) is 18.4. The fraction of sp³-hybridized carbons (Fsp3) is 0.188. The number of ether oxygens (including phenoxy) is 1. The molecule has 2 aromatic rings. The van der Waals surface area contributed by atoms with Gasteiger partial charge in [0, 0.05) is 16.8 Å². The number of fused-ring (bicyclic) bond motifs is 1. The first-order chi connectivity index (χ1) is 12.1. The highest BCUT2D eigenvalue weighted by Gasteiger charge is 2.35. The third-order valence-corrected chi connectivity index (χ3v) is 5.05. The topological polar surface area (TPSA) is 75.7 Å². The molecule has 6 nitrogen and oxygen atoms in total. The summed E-state index contributed by atoms with van der Waals surface area (Å²) in [6.45, 7) is -0.290. The van der Waals surface area contributed by atoms with Crippen molar-refractivity contribution < 1.29 is 26.7 Å². The Morgan fingerprint density at radius 3 is 2.62 bits per heavy atom. The lowest BCUT2D eigenvalue weighted by Crippen LogP contribution is -2.48. The Hall–Kier alpha value is -2.39. The highest BCUT2D eigenvalue weighted by molar-refractivity contribution is 7.92. The molecule has 2 aromatic carbocycles. The van der Waals surface area contributed by atoms with Crippen LogP contribution in [-0.2, 0) is 14.8 Å². The van der Waals surface area contributed by atoms with Gasteiger partial charge in [-0.1, -0.05) is 11.6 Å². The van der Waals surface area contributed by atoms with E-state index in [0.29, 0.717) is 5.02 Å². The van der Waals surface area contributed by atoms with Gasteiger partial charge in [-0.05, 0) is 30.3 Å². The average molecular weight is 403 g/mol. The van der Waals surface area contributed by atoms with Crippen molar-refractivity contribution in [3.05, 3.63) is 53.1 Å². The summed E-state index contributed by atoms with van der Waals surface area (Å²) in [5, 5.41) is 2.69. The van der Waals surface area contributed by atoms with E-state index in [9.17, 15) is 22.0 Å². The molecule has 10 heteroatoms. The summed E-state index contributed by atoms with van der Waals surface area (Å²) in [4.78, 5) is 12.4. The summed E-state index contributed by atoms with van der Waals surface area (Å²) < 4.78 is 57.0. The smallest absolute Gasteiger partial charge is 0.267 e. The van der Waals surface area contributed by atoms with Crippen LogP contribution in [0.5, 0.6) is 5.75 Å². The summed E-state index contributed by atoms with van der Waals surface area (Å²) in [5.41, 5.74) is 0.238. The zero-order valence-electron chi connectivity index (χ0n) is 13.4. The Morgan fingerprint density at radius 1 is 1.23 bits per heavy atom. The predicted molar refractivity (Wildman–Crippen MR) is 93.0 cm³/mol. The molecule has 1 atom stereocenters. The molecule has 138 valence electrons. The van der Waals surface area contributed by atoms with E-state index in [1.54, 1.807) is 0 Å². The van der Waals surface area contributed by atoms with Crippen molar-refractivity contribution in [2.45, 2.75) is 6.10 Å². The van der Waals surface area contributed by atoms with Gasteiger partial charge in [0.15, 0.2) is 17.7 Å². The van der Waals surface area contributed by atoms with Crippen molar-refractivity contribution in [3.8, 4) is 5.75 Å². The minimum Gasteiger partial charge on any atom is -0.476 e. The molecule has 3 rings (SSSR count). The van der Waals surface area contributed by atoms with Crippen molar-refractivity contribution in [1.82, 2.24) is 0 Å². The molecule has 1 amide bonds. The van der Waals surface area contributed by atoms with Crippen molar-refractivity contribution >= 4 is 38.9 Å². The van der Waals surface area contributed by atoms with Crippen LogP contribution in [-0.4, -0.2) is 33.2 Å². The third kappa shape index (κ3) is 3.73. The predicted octanol–water partition coefficient (Wildman–Crippen LogP) is 2.78. The monoisotopic (exact) mass is 402 g/mol. The van der Waals surface area contributed by atoms with Gasteiger partial charge in [-0.2, -0.15) is 0 Å². The summed E-state index contributed by atoms with van der Waals surface area (Å²) >= 11 is 5.90. The van der Waals surface area contributed by atoms with E-state index in [4.69, 9.17) is 16.3 Å². The molecular weight excluding hydrogens is 390 g/mol. The van der Waals surface area contributed by atoms with Gasteiger partial charge in [0.05, 0.1) is 18.5 Å². The Balaban J connectivity index is 1.88. The number of sulfonamides is 1. The molecule has 0 bridgehead atoms. The van der Waals surface area contributed by atoms with Crippen LogP contribution < -0.4 is 14.4 Å². The number of carbonyl (C=O) groups is 1. The van der Waals surface area contributed by atoms with Gasteiger partial charge in [0.25, 0.3) is 5.91 Å². The van der Waals surface area contributed by atoms with Crippen molar-refractivity contribution in [1.29, 1.82) is 0 Å². The van der Waals surface area contributed by atoms with Gasteiger partial charge in [0.1, 0.15) is 5.75 Å². The maximum atomic E-state index is 13.3. The number of rotatable bonds is 3. The lowest BCUT2D eigenvalue weighted by Gasteiger charge is -2.34. The molecule has 0 saturated heterocycles. The fourth-order valence-electron chi connectivity index (χ4n) is 2.47. The molecule has 1 aliphatic rings. The van der Waals surface area contributed by atoms with Gasteiger partial charge in [-0.15, -0.1) is 0 Å². The van der Waals surface area contributed by atoms with Crippen LogP contribution in [0.15, 0.2) is 36.4 Å². The SMILES string of the molecule is CS(=O)(=O)N1C[C@H](C(=O)Nc2ccc(F)c(F)c2)Oc2ccc(Cl)cc21. The van der Waals surface area contributed by atoms with E-state index in [1.165, 1.54) is 24.3 Å². The van der Waals surface area contributed by atoms with E-state index in [1.807, 2.05) is 0 Å². The Labute approximate surface area is 153 Å². The molecule has 0 aliphatic carbocycles. The van der Waals surface area contributed by atoms with Crippen molar-refractivity contribution in [2.75, 3.05) is 22.4 Å². The Bertz CT molecular complexity index is 984. The van der Waals surface area contributed by atoms with Crippen molar-refractivity contribution in [3.63, 3.8) is 0 Å². The van der Waals surface area contributed by atoms with E-state index in [2.05, 4.69) is 5.32 Å². The average Bonchev–Trinajstić information content (AvgIpc) is 2.56. The summed E-state index contributed by atoms with van der Waals surface area (Å²) in [6.07, 6.45) is -0.195. The number of hydrogen-bond acceptors (Lipinski definition) is 4. The molecule has 1 N–H and O–H groups in total. The number of anilines is 2. The molecule has 0 saturated carbocycles. The minimum absolute atomic E-state index is 0.0188. The van der Waals surface area contributed by atoms with Gasteiger partial charge < -0.3 is 10.1 Å². The third-order valence-electron chi connectivity index (χ3n) is 3.67. The van der Waals surface area contributed by atoms with Crippen LogP contribution in [0.4, 0.5) is 20.2 Å². The minimum atomic E-state index is -3.70. The standard InChI is InChI=1S/C16H13ClF2N2O4S/c1-26(23,24)21-8-15(25-14-5-2-9(17)6-13(14)21)16(22)20-10-3-4-11(18)12(19)7-10/h2-7,15H,8H2,1H3,(H,20,22)/t15-/m1/s1. The Kier molecular flexibility index (Phi) is 4.76. The number of nitrogens with zero attached hydrogens (tertiary/aromatic N) is 1. The molecule has 1 aliphatic heterocycles. The number of halogens is 3. The summed E-state index contributed by atoms with van der Waals surface area (Å²) in [7, 11) is -3.70. The van der Waals surface area contributed by atoms with E-state index in [0.717, 1.165) is 22.7 Å². The number of amides is 1. The van der Waals surface area contributed by atoms with Crippen LogP contribution >= 0.6 is 11.6 Å². The maximum absolute atomic E-state index is 13.3. The Morgan fingerprint density at radius 2 is 1.96 bits per heavy atom. The molecule has 26 heavy (non-hydrogen) atoms. The molecule has 0 fully saturated rings. The van der Waals surface area contributed by atoms with E-state index >= 15 is 0 Å². The number of nitrogens with one attached hydrogen (secondary N) is 1. The zero-order chi connectivity index (χ0) is 19.1. The van der Waals surface area contributed by atoms with Crippen molar-refractivity contribution in [2.24, 2.45) is 0 Å². The molecule has 0 radical (unpaired) electrons. The lowest BCUT2D eigenvalue weighted by molar-refractivity contribution is -0.122. The first-order valence-electron chi connectivity index (χ1n) is 7.35. The van der Waals surface area contributed by atoms with Crippen LogP contribution in [0, 0.1) is 11.6 Å². The highest BCUT2D eigenvalue weighted by Crippen LogP contribution is 2.37. The summed E-state index contributed by atoms with van der Waals surface area (Å²) in [6, 6.07) is 7.23. The van der Waals surface area contributed by atoms with E-state index in [-0.39, 0.29) is 23.7 Å². The van der Waals surface area contributed by atoms with Gasteiger partial charge in [-0.25, -0.2) is 17.2 Å². The van der Waals surface area contributed by atoms with Gasteiger partial charge in [0.2, 0.25) is 10.0 Å². The zero-order valence-corrected chi connectivity index (χ0v) is 14.9. The highest BCUT2D eigenvalue weighted by atomic mass is 35.5. The normalized spacial score (nSPS) is 16.6. The van der Waals surface area contributed by atoms with E-state index < -0.39 is 33.7 Å². The second-order valence-electron chi connectivity index (χ2n) is 5.63. The molecule has 0 unspecified atom stereocenters. The largest absolute Gasteiger partial charge is 0.476 e. The number of hydrogen-bond donors (Lipinski definition) is 1. The van der Waals surface area contributed by atoms with Crippen LogP contribution in [0.3, 0.4) is 0 Å². The van der Waals surface area contributed by atoms with Crippen LogP contribution in [0.25, 0.3) is 0 Å². The van der Waals surface area contributed by atoms with Crippen LogP contribution in [0.2, 0.25) is 5.02 Å². The number of benzene rings is 2. The van der Waals surface area contributed by atoms with Gasteiger partial charge in [-0.3, -0.25) is 9.10 Å². The van der Waals surface area contributed by atoms with Gasteiger partial charge >= 0.3 is 0 Å². The molecule has 0 aromatic heterocycles. The fourth-order valence-corrected chi connectivity index (χ4v) is 3.54. The first-order valence-corrected chi connectivity index (χ1v) is 9.57. The molecule has 1 heterocycles. The molecule has 0 spiro atoms. The maximum Gasteiger partial charge on any atom is 0.267 e. The second kappa shape index (κ2) is 6.73.